The third-order valence-electron chi connectivity index (χ3n) is 4.02. The van der Waals surface area contributed by atoms with E-state index in [9.17, 15) is 5.11 Å². The van der Waals surface area contributed by atoms with Crippen molar-refractivity contribution in [2.24, 2.45) is 5.92 Å². The van der Waals surface area contributed by atoms with Crippen LogP contribution in [0.3, 0.4) is 0 Å². The lowest BCUT2D eigenvalue weighted by molar-refractivity contribution is 0.0967. The van der Waals surface area contributed by atoms with E-state index in [1.54, 1.807) is 7.11 Å². The van der Waals surface area contributed by atoms with Gasteiger partial charge in [-0.25, -0.2) is 0 Å². The molecule has 0 amide bonds. The highest BCUT2D eigenvalue weighted by molar-refractivity contribution is 5.32. The number of hydrogen-bond acceptors (Lipinski definition) is 3. The van der Waals surface area contributed by atoms with Gasteiger partial charge in [-0.1, -0.05) is 18.2 Å². The first-order chi connectivity index (χ1) is 9.19. The number of rotatable bonds is 5. The minimum absolute atomic E-state index is 0.0595. The summed E-state index contributed by atoms with van der Waals surface area (Å²) in [5.41, 5.74) is 1.24. The van der Waals surface area contributed by atoms with Crippen molar-refractivity contribution in [1.82, 2.24) is 4.90 Å². The Balaban J connectivity index is 1.85. The van der Waals surface area contributed by atoms with Crippen molar-refractivity contribution in [3.8, 4) is 5.75 Å². The highest BCUT2D eigenvalue weighted by atomic mass is 16.5. The van der Waals surface area contributed by atoms with E-state index >= 15 is 0 Å². The van der Waals surface area contributed by atoms with Crippen LogP contribution >= 0.6 is 0 Å². The summed E-state index contributed by atoms with van der Waals surface area (Å²) in [6, 6.07) is 8.20. The molecule has 0 atom stereocenters. The second-order valence-electron chi connectivity index (χ2n) is 5.68. The van der Waals surface area contributed by atoms with E-state index in [-0.39, 0.29) is 6.10 Å². The number of nitrogens with zero attached hydrogens (tertiary/aromatic N) is 1. The van der Waals surface area contributed by atoms with Crippen molar-refractivity contribution in [3.05, 3.63) is 29.8 Å². The van der Waals surface area contributed by atoms with E-state index in [4.69, 9.17) is 4.74 Å². The van der Waals surface area contributed by atoms with Gasteiger partial charge in [-0.05, 0) is 44.7 Å². The lowest BCUT2D eigenvalue weighted by Gasteiger charge is -2.29. The van der Waals surface area contributed by atoms with Crippen LogP contribution in [-0.2, 0) is 6.54 Å². The van der Waals surface area contributed by atoms with Crippen LogP contribution < -0.4 is 4.74 Å². The van der Waals surface area contributed by atoms with Crippen LogP contribution in [0.5, 0.6) is 5.75 Å². The first-order valence-electron chi connectivity index (χ1n) is 7.17. The first-order valence-corrected chi connectivity index (χ1v) is 7.17. The zero-order chi connectivity index (χ0) is 13.7. The van der Waals surface area contributed by atoms with Crippen LogP contribution in [0.2, 0.25) is 0 Å². The maximum atomic E-state index is 9.53. The van der Waals surface area contributed by atoms with Crippen LogP contribution in [-0.4, -0.2) is 36.8 Å². The molecule has 1 N–H and O–H groups in total. The van der Waals surface area contributed by atoms with Gasteiger partial charge in [0.25, 0.3) is 0 Å². The van der Waals surface area contributed by atoms with E-state index < -0.39 is 0 Å². The number of ether oxygens (including phenoxy) is 1. The fourth-order valence-corrected chi connectivity index (χ4v) is 2.96. The maximum absolute atomic E-state index is 9.53. The normalized spacial score (nSPS) is 23.6. The number of benzene rings is 1. The molecule has 0 aliphatic heterocycles. The standard InChI is InChI=1S/C16H25NO2/c1-17(11-13-7-9-15(18)10-8-13)12-14-5-3-4-6-16(14)19-2/h3-6,13,15,18H,7-12H2,1-2H3. The van der Waals surface area contributed by atoms with Gasteiger partial charge < -0.3 is 14.7 Å². The number of methoxy groups -OCH3 is 1. The summed E-state index contributed by atoms with van der Waals surface area (Å²) >= 11 is 0. The Hall–Kier alpha value is -1.06. The summed E-state index contributed by atoms with van der Waals surface area (Å²) in [6.07, 6.45) is 4.17. The average molecular weight is 263 g/mol. The minimum atomic E-state index is -0.0595. The summed E-state index contributed by atoms with van der Waals surface area (Å²) in [5, 5.41) is 9.53. The summed E-state index contributed by atoms with van der Waals surface area (Å²) in [7, 11) is 3.89. The summed E-state index contributed by atoms with van der Waals surface area (Å²) in [5.74, 6) is 1.69. The third-order valence-corrected chi connectivity index (χ3v) is 4.02. The van der Waals surface area contributed by atoms with Crippen molar-refractivity contribution in [2.75, 3.05) is 20.7 Å². The van der Waals surface area contributed by atoms with Crippen LogP contribution in [0.15, 0.2) is 24.3 Å². The molecule has 0 unspecified atom stereocenters. The lowest BCUT2D eigenvalue weighted by Crippen LogP contribution is -2.29. The van der Waals surface area contributed by atoms with Gasteiger partial charge in [0.2, 0.25) is 0 Å². The van der Waals surface area contributed by atoms with E-state index in [1.165, 1.54) is 5.56 Å². The Morgan fingerprint density at radius 3 is 2.58 bits per heavy atom. The van der Waals surface area contributed by atoms with Gasteiger partial charge in [0.15, 0.2) is 0 Å². The van der Waals surface area contributed by atoms with Gasteiger partial charge in [-0.2, -0.15) is 0 Å². The van der Waals surface area contributed by atoms with Crippen molar-refractivity contribution >= 4 is 0 Å². The molecule has 1 fully saturated rings. The Morgan fingerprint density at radius 2 is 1.89 bits per heavy atom. The zero-order valence-electron chi connectivity index (χ0n) is 12.0. The van der Waals surface area contributed by atoms with Crippen molar-refractivity contribution in [3.63, 3.8) is 0 Å². The minimum Gasteiger partial charge on any atom is -0.496 e. The Bertz CT molecular complexity index is 386. The van der Waals surface area contributed by atoms with Crippen molar-refractivity contribution < 1.29 is 9.84 Å². The van der Waals surface area contributed by atoms with E-state index in [2.05, 4.69) is 24.1 Å². The molecule has 19 heavy (non-hydrogen) atoms. The molecule has 0 aromatic heterocycles. The molecule has 0 spiro atoms. The van der Waals surface area contributed by atoms with E-state index in [1.807, 2.05) is 12.1 Å². The molecule has 106 valence electrons. The summed E-state index contributed by atoms with van der Waals surface area (Å²) in [6.45, 7) is 2.02. The van der Waals surface area contributed by atoms with Crippen LogP contribution in [0.25, 0.3) is 0 Å². The van der Waals surface area contributed by atoms with Crippen molar-refractivity contribution in [2.45, 2.75) is 38.3 Å². The molecule has 0 heterocycles. The lowest BCUT2D eigenvalue weighted by atomic mass is 9.87. The van der Waals surface area contributed by atoms with Gasteiger partial charge in [0, 0.05) is 18.7 Å². The molecule has 0 saturated heterocycles. The molecule has 1 aromatic rings. The van der Waals surface area contributed by atoms with E-state index in [0.717, 1.165) is 50.4 Å². The van der Waals surface area contributed by atoms with Gasteiger partial charge in [-0.3, -0.25) is 0 Å². The average Bonchev–Trinajstić information content (AvgIpc) is 2.42. The van der Waals surface area contributed by atoms with Crippen LogP contribution in [0, 0.1) is 5.92 Å². The maximum Gasteiger partial charge on any atom is 0.123 e. The second-order valence-corrected chi connectivity index (χ2v) is 5.68. The van der Waals surface area contributed by atoms with Crippen LogP contribution in [0.4, 0.5) is 0 Å². The zero-order valence-corrected chi connectivity index (χ0v) is 12.0. The van der Waals surface area contributed by atoms with E-state index in [0.29, 0.717) is 0 Å². The van der Waals surface area contributed by atoms with Gasteiger partial charge >= 0.3 is 0 Å². The Kier molecular flexibility index (Phi) is 5.23. The smallest absolute Gasteiger partial charge is 0.123 e. The molecular formula is C16H25NO2. The molecule has 0 bridgehead atoms. The SMILES string of the molecule is COc1ccccc1CN(C)CC1CCC(O)CC1. The molecule has 3 heteroatoms. The Labute approximate surface area is 116 Å². The predicted molar refractivity (Wildman–Crippen MR) is 77.3 cm³/mol. The number of aliphatic hydroxyl groups excluding tert-OH is 1. The fraction of sp³-hybridized carbons (Fsp3) is 0.625. The topological polar surface area (TPSA) is 32.7 Å². The molecule has 2 rings (SSSR count). The second kappa shape index (κ2) is 6.92. The first kappa shape index (κ1) is 14.4. The monoisotopic (exact) mass is 263 g/mol. The van der Waals surface area contributed by atoms with Gasteiger partial charge in [0.1, 0.15) is 5.75 Å². The molecule has 3 nitrogen and oxygen atoms in total. The predicted octanol–water partition coefficient (Wildman–Crippen LogP) is 2.68. The number of aliphatic hydroxyl groups is 1. The molecule has 1 aliphatic rings. The molecular weight excluding hydrogens is 238 g/mol. The van der Waals surface area contributed by atoms with Crippen LogP contribution in [0.1, 0.15) is 31.2 Å². The summed E-state index contributed by atoms with van der Waals surface area (Å²) in [4.78, 5) is 2.36. The van der Waals surface area contributed by atoms with Gasteiger partial charge in [-0.15, -0.1) is 0 Å². The largest absolute Gasteiger partial charge is 0.496 e. The van der Waals surface area contributed by atoms with Crippen molar-refractivity contribution in [1.29, 1.82) is 0 Å². The highest BCUT2D eigenvalue weighted by Crippen LogP contribution is 2.26. The molecule has 1 aliphatic carbocycles. The molecule has 0 radical (unpaired) electrons. The molecule has 1 saturated carbocycles. The quantitative estimate of drug-likeness (QED) is 0.886. The highest BCUT2D eigenvalue weighted by Gasteiger charge is 2.20. The fourth-order valence-electron chi connectivity index (χ4n) is 2.96. The Morgan fingerprint density at radius 1 is 1.21 bits per heavy atom. The summed E-state index contributed by atoms with van der Waals surface area (Å²) < 4.78 is 5.39. The number of para-hydroxylation sites is 1. The third kappa shape index (κ3) is 4.22. The molecule has 1 aromatic carbocycles. The number of hydrogen-bond donors (Lipinski definition) is 1. The van der Waals surface area contributed by atoms with Gasteiger partial charge in [0.05, 0.1) is 13.2 Å².